The van der Waals surface area contributed by atoms with Crippen LogP contribution < -0.4 is 10.1 Å². The Hall–Kier alpha value is -2.76. The van der Waals surface area contributed by atoms with Gasteiger partial charge in [0.2, 0.25) is 0 Å². The summed E-state index contributed by atoms with van der Waals surface area (Å²) in [6, 6.07) is 4.14. The highest BCUT2D eigenvalue weighted by Gasteiger charge is 2.29. The van der Waals surface area contributed by atoms with E-state index in [2.05, 4.69) is 15.0 Å². The van der Waals surface area contributed by atoms with E-state index in [1.54, 1.807) is 0 Å². The Morgan fingerprint density at radius 2 is 2.06 bits per heavy atom. The van der Waals surface area contributed by atoms with Crippen LogP contribution in [0.15, 0.2) is 53.1 Å². The molecular formula is C21H29N5O5S. The van der Waals surface area contributed by atoms with Crippen molar-refractivity contribution in [3.8, 4) is 0 Å². The molecule has 1 amide bonds. The SMILES string of the molecule is CN1C=CC=C(CCCN(NS(=O)(=O)c2ccc([N+](=O)[O-])cc2)C(=O)[C@@H]2CCCCN2)C1. The van der Waals surface area contributed by atoms with E-state index in [1.165, 1.54) is 10.6 Å². The number of piperidine rings is 1. The molecule has 11 heteroatoms. The fourth-order valence-electron chi connectivity index (χ4n) is 3.77. The highest BCUT2D eigenvalue weighted by Crippen LogP contribution is 2.18. The summed E-state index contributed by atoms with van der Waals surface area (Å²) < 4.78 is 25.8. The summed E-state index contributed by atoms with van der Waals surface area (Å²) in [6.45, 7) is 1.72. The van der Waals surface area contributed by atoms with Gasteiger partial charge in [0.15, 0.2) is 0 Å². The number of amides is 1. The first-order valence-corrected chi connectivity index (χ1v) is 12.1. The zero-order chi connectivity index (χ0) is 23.1. The van der Waals surface area contributed by atoms with Crippen molar-refractivity contribution in [1.29, 1.82) is 0 Å². The van der Waals surface area contributed by atoms with E-state index >= 15 is 0 Å². The standard InChI is InChI=1S/C21H29N5O5S/c1-24-14-4-6-17(16-24)7-5-15-25(21(27)20-8-2-3-13-22-20)23-32(30,31)19-11-9-18(10-12-19)26(28)29/h4,6,9-12,14,20,22-23H,2-3,5,7-8,13,15-16H2,1H3/t20-/m0/s1. The van der Waals surface area contributed by atoms with Crippen molar-refractivity contribution in [3.05, 3.63) is 58.3 Å². The Morgan fingerprint density at radius 3 is 2.69 bits per heavy atom. The Bertz CT molecular complexity index is 984. The molecule has 1 saturated heterocycles. The number of allylic oxidation sites excluding steroid dienone is 2. The van der Waals surface area contributed by atoms with Gasteiger partial charge in [0, 0.05) is 32.3 Å². The molecule has 1 aromatic rings. The van der Waals surface area contributed by atoms with E-state index in [0.29, 0.717) is 19.4 Å². The number of nitro benzene ring substituents is 1. The van der Waals surface area contributed by atoms with Crippen molar-refractivity contribution in [2.75, 3.05) is 26.7 Å². The number of benzene rings is 1. The van der Waals surface area contributed by atoms with E-state index in [4.69, 9.17) is 0 Å². The van der Waals surface area contributed by atoms with Gasteiger partial charge in [0.1, 0.15) is 0 Å². The van der Waals surface area contributed by atoms with E-state index in [1.807, 2.05) is 25.4 Å². The number of likely N-dealkylation sites (N-methyl/N-ethyl adjacent to an activating group) is 1. The van der Waals surface area contributed by atoms with Gasteiger partial charge in [-0.15, -0.1) is 4.83 Å². The molecule has 2 aliphatic heterocycles. The number of hydrogen-bond donors (Lipinski definition) is 2. The van der Waals surface area contributed by atoms with Crippen LogP contribution in [0.1, 0.15) is 32.1 Å². The second kappa shape index (κ2) is 10.7. The topological polar surface area (TPSA) is 125 Å². The summed E-state index contributed by atoms with van der Waals surface area (Å²) in [7, 11) is -2.10. The Morgan fingerprint density at radius 1 is 1.31 bits per heavy atom. The number of carbonyl (C=O) groups is 1. The third-order valence-corrected chi connectivity index (χ3v) is 6.82. The summed E-state index contributed by atoms with van der Waals surface area (Å²) in [5.41, 5.74) is 1.000. The average Bonchev–Trinajstić information content (AvgIpc) is 2.78. The van der Waals surface area contributed by atoms with Gasteiger partial charge in [-0.25, -0.2) is 8.42 Å². The van der Waals surface area contributed by atoms with Crippen LogP contribution in [-0.4, -0.2) is 61.9 Å². The minimum atomic E-state index is -4.08. The van der Waals surface area contributed by atoms with Crippen molar-refractivity contribution in [3.63, 3.8) is 0 Å². The van der Waals surface area contributed by atoms with Crippen LogP contribution in [-0.2, 0) is 14.8 Å². The van der Waals surface area contributed by atoms with Gasteiger partial charge in [-0.05, 0) is 56.6 Å². The fraction of sp³-hybridized carbons (Fsp3) is 0.476. The lowest BCUT2D eigenvalue weighted by Crippen LogP contribution is -2.55. The Labute approximate surface area is 188 Å². The van der Waals surface area contributed by atoms with Crippen LogP contribution in [0.25, 0.3) is 0 Å². The van der Waals surface area contributed by atoms with E-state index in [9.17, 15) is 23.3 Å². The maximum Gasteiger partial charge on any atom is 0.269 e. The molecule has 2 N–H and O–H groups in total. The predicted octanol–water partition coefficient (Wildman–Crippen LogP) is 1.92. The largest absolute Gasteiger partial charge is 0.376 e. The van der Waals surface area contributed by atoms with Gasteiger partial charge in [0.05, 0.1) is 15.9 Å². The normalized spacial score (nSPS) is 18.8. The maximum absolute atomic E-state index is 13.1. The number of carbonyl (C=O) groups excluding carboxylic acids is 1. The van der Waals surface area contributed by atoms with Gasteiger partial charge in [-0.2, -0.15) is 0 Å². The van der Waals surface area contributed by atoms with Crippen LogP contribution in [0, 0.1) is 10.1 Å². The highest BCUT2D eigenvalue weighted by atomic mass is 32.2. The smallest absolute Gasteiger partial charge is 0.269 e. The van der Waals surface area contributed by atoms with Gasteiger partial charge >= 0.3 is 0 Å². The first kappa shape index (κ1) is 23.9. The van der Waals surface area contributed by atoms with Gasteiger partial charge in [-0.1, -0.05) is 18.1 Å². The quantitative estimate of drug-likeness (QED) is 0.423. The molecule has 0 saturated carbocycles. The summed E-state index contributed by atoms with van der Waals surface area (Å²) in [4.78, 5) is 27.7. The molecule has 0 aromatic heterocycles. The Kier molecular flexibility index (Phi) is 7.99. The third kappa shape index (κ3) is 6.38. The van der Waals surface area contributed by atoms with E-state index in [-0.39, 0.29) is 23.0 Å². The zero-order valence-corrected chi connectivity index (χ0v) is 18.9. The summed E-state index contributed by atoms with van der Waals surface area (Å²) in [5, 5.41) is 15.2. The monoisotopic (exact) mass is 463 g/mol. The number of sulfonamides is 1. The summed E-state index contributed by atoms with van der Waals surface area (Å²) in [6.07, 6.45) is 9.83. The van der Waals surface area contributed by atoms with E-state index < -0.39 is 21.0 Å². The molecule has 1 aromatic carbocycles. The molecule has 0 aliphatic carbocycles. The molecular weight excluding hydrogens is 434 g/mol. The zero-order valence-electron chi connectivity index (χ0n) is 18.1. The first-order chi connectivity index (χ1) is 15.3. The fourth-order valence-corrected chi connectivity index (χ4v) is 4.85. The third-order valence-electron chi connectivity index (χ3n) is 5.47. The Balaban J connectivity index is 1.71. The van der Waals surface area contributed by atoms with Crippen LogP contribution in [0.4, 0.5) is 5.69 Å². The molecule has 1 atom stereocenters. The number of nitrogens with zero attached hydrogens (tertiary/aromatic N) is 3. The van der Waals surface area contributed by atoms with Gasteiger partial charge in [-0.3, -0.25) is 19.9 Å². The maximum atomic E-state index is 13.1. The molecule has 0 bridgehead atoms. The molecule has 0 radical (unpaired) electrons. The molecule has 32 heavy (non-hydrogen) atoms. The van der Waals surface area contributed by atoms with Crippen molar-refractivity contribution in [1.82, 2.24) is 20.1 Å². The number of nitrogens with one attached hydrogen (secondary N) is 2. The lowest BCUT2D eigenvalue weighted by Gasteiger charge is -2.30. The van der Waals surface area contributed by atoms with Crippen molar-refractivity contribution >= 4 is 21.6 Å². The van der Waals surface area contributed by atoms with Crippen molar-refractivity contribution in [2.24, 2.45) is 0 Å². The second-order valence-electron chi connectivity index (χ2n) is 8.02. The molecule has 1 fully saturated rings. The van der Waals surface area contributed by atoms with Gasteiger partial charge in [0.25, 0.3) is 21.6 Å². The van der Waals surface area contributed by atoms with E-state index in [0.717, 1.165) is 50.1 Å². The van der Waals surface area contributed by atoms with Crippen molar-refractivity contribution in [2.45, 2.75) is 43.0 Å². The molecule has 3 rings (SSSR count). The predicted molar refractivity (Wildman–Crippen MR) is 120 cm³/mol. The number of non-ortho nitro benzene ring substituents is 1. The molecule has 2 heterocycles. The summed E-state index contributed by atoms with van der Waals surface area (Å²) >= 11 is 0. The van der Waals surface area contributed by atoms with Crippen LogP contribution in [0.5, 0.6) is 0 Å². The lowest BCUT2D eigenvalue weighted by molar-refractivity contribution is -0.384. The number of hydrazine groups is 1. The minimum Gasteiger partial charge on any atom is -0.376 e. The second-order valence-corrected chi connectivity index (χ2v) is 9.68. The van der Waals surface area contributed by atoms with Crippen LogP contribution in [0.3, 0.4) is 0 Å². The average molecular weight is 464 g/mol. The van der Waals surface area contributed by atoms with Crippen LogP contribution >= 0.6 is 0 Å². The number of rotatable bonds is 9. The lowest BCUT2D eigenvalue weighted by atomic mass is 10.0. The molecule has 0 unspecified atom stereocenters. The molecule has 0 spiro atoms. The highest BCUT2D eigenvalue weighted by molar-refractivity contribution is 7.89. The summed E-state index contributed by atoms with van der Waals surface area (Å²) in [5.74, 6) is -0.315. The molecule has 10 nitrogen and oxygen atoms in total. The van der Waals surface area contributed by atoms with Gasteiger partial charge < -0.3 is 10.2 Å². The molecule has 174 valence electrons. The van der Waals surface area contributed by atoms with Crippen molar-refractivity contribution < 1.29 is 18.1 Å². The first-order valence-electron chi connectivity index (χ1n) is 10.6. The number of hydrogen-bond acceptors (Lipinski definition) is 7. The number of nitro groups is 1. The molecule has 2 aliphatic rings. The minimum absolute atomic E-state index is 0.140. The van der Waals surface area contributed by atoms with Crippen LogP contribution in [0.2, 0.25) is 0 Å².